The summed E-state index contributed by atoms with van der Waals surface area (Å²) in [7, 11) is 0. The van der Waals surface area contributed by atoms with Gasteiger partial charge in [-0.25, -0.2) is 5.43 Å². The van der Waals surface area contributed by atoms with Crippen molar-refractivity contribution in [1.29, 1.82) is 0 Å². The van der Waals surface area contributed by atoms with Crippen LogP contribution in [0.1, 0.15) is 15.9 Å². The molecular formula is C17H13Br3N2O3. The quantitative estimate of drug-likeness (QED) is 0.312. The molecule has 2 aromatic rings. The van der Waals surface area contributed by atoms with Gasteiger partial charge in [-0.1, -0.05) is 44.5 Å². The van der Waals surface area contributed by atoms with E-state index in [4.69, 9.17) is 4.74 Å². The van der Waals surface area contributed by atoms with E-state index in [1.54, 1.807) is 36.4 Å². The maximum absolute atomic E-state index is 12.4. The van der Waals surface area contributed by atoms with E-state index < -0.39 is 5.91 Å². The molecule has 0 aliphatic carbocycles. The fourth-order valence-corrected chi connectivity index (χ4v) is 3.48. The van der Waals surface area contributed by atoms with E-state index >= 15 is 0 Å². The van der Waals surface area contributed by atoms with Crippen LogP contribution in [0.4, 0.5) is 0 Å². The Morgan fingerprint density at radius 3 is 2.72 bits per heavy atom. The molecule has 0 fully saturated rings. The fraction of sp³-hybridized carbons (Fsp3) is 0.0588. The van der Waals surface area contributed by atoms with Crippen molar-refractivity contribution in [2.45, 2.75) is 0 Å². The van der Waals surface area contributed by atoms with E-state index in [0.29, 0.717) is 21.3 Å². The Kier molecular flexibility index (Phi) is 7.22. The summed E-state index contributed by atoms with van der Waals surface area (Å²) < 4.78 is 7.49. The molecule has 0 aliphatic rings. The van der Waals surface area contributed by atoms with Gasteiger partial charge in [0.2, 0.25) is 0 Å². The number of carbonyl (C=O) groups excluding carboxylic acids is 1. The number of halogens is 3. The number of phenolic OH excluding ortho intramolecular Hbond substituents is 1. The Hall–Kier alpha value is -1.64. The minimum Gasteiger partial charge on any atom is -0.506 e. The monoisotopic (exact) mass is 530 g/mol. The van der Waals surface area contributed by atoms with Crippen molar-refractivity contribution in [3.8, 4) is 11.5 Å². The second-order valence-electron chi connectivity index (χ2n) is 4.76. The highest BCUT2D eigenvalue weighted by atomic mass is 79.9. The lowest BCUT2D eigenvalue weighted by Crippen LogP contribution is -2.19. The third-order valence-corrected chi connectivity index (χ3v) is 4.53. The van der Waals surface area contributed by atoms with Gasteiger partial charge >= 0.3 is 0 Å². The zero-order valence-corrected chi connectivity index (χ0v) is 17.6. The van der Waals surface area contributed by atoms with Crippen molar-refractivity contribution in [2.75, 3.05) is 6.61 Å². The molecule has 0 unspecified atom stereocenters. The normalized spacial score (nSPS) is 10.7. The highest BCUT2D eigenvalue weighted by Gasteiger charge is 2.13. The molecule has 0 aromatic heterocycles. The van der Waals surface area contributed by atoms with Crippen LogP contribution in [0.15, 0.2) is 61.5 Å². The molecular weight excluding hydrogens is 520 g/mol. The Morgan fingerprint density at radius 1 is 1.24 bits per heavy atom. The van der Waals surface area contributed by atoms with Crippen molar-refractivity contribution in [3.63, 3.8) is 0 Å². The summed E-state index contributed by atoms with van der Waals surface area (Å²) in [5.41, 5.74) is 3.19. The minimum absolute atomic E-state index is 0.0265. The molecule has 0 heterocycles. The second kappa shape index (κ2) is 9.17. The Bertz CT molecular complexity index is 838. The van der Waals surface area contributed by atoms with E-state index in [2.05, 4.69) is 64.9 Å². The predicted octanol–water partition coefficient (Wildman–Crippen LogP) is 5.01. The molecule has 5 nitrogen and oxygen atoms in total. The number of ether oxygens (including phenoxy) is 1. The summed E-state index contributed by atoms with van der Waals surface area (Å²) in [4.78, 5) is 12.4. The lowest BCUT2D eigenvalue weighted by molar-refractivity contribution is 0.0951. The van der Waals surface area contributed by atoms with Crippen molar-refractivity contribution in [1.82, 2.24) is 5.43 Å². The lowest BCUT2D eigenvalue weighted by atomic mass is 10.2. The van der Waals surface area contributed by atoms with Crippen LogP contribution in [0.25, 0.3) is 0 Å². The Labute approximate surface area is 170 Å². The molecule has 0 saturated carbocycles. The summed E-state index contributed by atoms with van der Waals surface area (Å²) in [6.45, 7) is 3.87. The number of hydrogen-bond donors (Lipinski definition) is 2. The molecule has 1 amide bonds. The molecule has 2 N–H and O–H groups in total. The molecule has 25 heavy (non-hydrogen) atoms. The van der Waals surface area contributed by atoms with Crippen LogP contribution >= 0.6 is 47.8 Å². The highest BCUT2D eigenvalue weighted by molar-refractivity contribution is 9.11. The standard InChI is InChI=1S/C17H13Br3N2O3/c1-2-5-25-15-4-3-11(18)7-13(15)17(24)22-21-9-10-6-12(19)8-14(20)16(10)23/h2-4,6-9,23H,1,5H2,(H,22,24). The summed E-state index contributed by atoms with van der Waals surface area (Å²) in [5.74, 6) is 0.00710. The first-order chi connectivity index (χ1) is 11.9. The number of hydrogen-bond acceptors (Lipinski definition) is 4. The zero-order chi connectivity index (χ0) is 18.4. The molecule has 2 aromatic carbocycles. The van der Waals surface area contributed by atoms with Crippen LogP contribution in [-0.2, 0) is 0 Å². The molecule has 0 spiro atoms. The van der Waals surface area contributed by atoms with Gasteiger partial charge < -0.3 is 9.84 Å². The number of aromatic hydroxyl groups is 1. The van der Waals surface area contributed by atoms with Crippen LogP contribution in [0, 0.1) is 0 Å². The molecule has 130 valence electrons. The van der Waals surface area contributed by atoms with E-state index in [1.807, 2.05) is 0 Å². The molecule has 0 radical (unpaired) electrons. The van der Waals surface area contributed by atoms with Gasteiger partial charge in [0.05, 0.1) is 16.3 Å². The Morgan fingerprint density at radius 2 is 2.00 bits per heavy atom. The van der Waals surface area contributed by atoms with Gasteiger partial charge in [0, 0.05) is 14.5 Å². The first-order valence-corrected chi connectivity index (χ1v) is 9.35. The van der Waals surface area contributed by atoms with Gasteiger partial charge in [-0.3, -0.25) is 4.79 Å². The summed E-state index contributed by atoms with van der Waals surface area (Å²) >= 11 is 9.89. The maximum Gasteiger partial charge on any atom is 0.275 e. The van der Waals surface area contributed by atoms with E-state index in [9.17, 15) is 9.90 Å². The van der Waals surface area contributed by atoms with Crippen LogP contribution in [0.3, 0.4) is 0 Å². The largest absolute Gasteiger partial charge is 0.506 e. The maximum atomic E-state index is 12.4. The smallest absolute Gasteiger partial charge is 0.275 e. The number of nitrogens with one attached hydrogen (secondary N) is 1. The van der Waals surface area contributed by atoms with Crippen LogP contribution in [-0.4, -0.2) is 23.8 Å². The topological polar surface area (TPSA) is 70.9 Å². The molecule has 0 saturated heterocycles. The van der Waals surface area contributed by atoms with E-state index in [1.165, 1.54) is 6.21 Å². The van der Waals surface area contributed by atoms with E-state index in [-0.39, 0.29) is 12.4 Å². The molecule has 8 heteroatoms. The average Bonchev–Trinajstić information content (AvgIpc) is 2.57. The molecule has 0 atom stereocenters. The van der Waals surface area contributed by atoms with Crippen LogP contribution < -0.4 is 10.2 Å². The van der Waals surface area contributed by atoms with Crippen molar-refractivity contribution in [3.05, 3.63) is 67.5 Å². The molecule has 0 bridgehead atoms. The van der Waals surface area contributed by atoms with Crippen LogP contribution in [0.5, 0.6) is 11.5 Å². The molecule has 2 rings (SSSR count). The first kappa shape index (κ1) is 19.7. The van der Waals surface area contributed by atoms with Gasteiger partial charge in [-0.2, -0.15) is 5.10 Å². The van der Waals surface area contributed by atoms with Crippen molar-refractivity contribution >= 4 is 59.9 Å². The summed E-state index contributed by atoms with van der Waals surface area (Å²) in [6, 6.07) is 8.47. The van der Waals surface area contributed by atoms with Gasteiger partial charge in [-0.05, 0) is 46.3 Å². The number of nitrogens with zero attached hydrogens (tertiary/aromatic N) is 1. The Balaban J connectivity index is 2.18. The zero-order valence-electron chi connectivity index (χ0n) is 12.8. The highest BCUT2D eigenvalue weighted by Crippen LogP contribution is 2.30. The van der Waals surface area contributed by atoms with Gasteiger partial charge in [0.15, 0.2) is 0 Å². The number of benzene rings is 2. The first-order valence-electron chi connectivity index (χ1n) is 6.97. The number of rotatable bonds is 6. The average molecular weight is 533 g/mol. The van der Waals surface area contributed by atoms with Gasteiger partial charge in [0.25, 0.3) is 5.91 Å². The third kappa shape index (κ3) is 5.42. The number of amides is 1. The molecule has 0 aliphatic heterocycles. The number of phenols is 1. The lowest BCUT2D eigenvalue weighted by Gasteiger charge is -2.09. The van der Waals surface area contributed by atoms with Gasteiger partial charge in [0.1, 0.15) is 18.1 Å². The fourth-order valence-electron chi connectivity index (χ4n) is 1.86. The van der Waals surface area contributed by atoms with Crippen molar-refractivity contribution in [2.24, 2.45) is 5.10 Å². The van der Waals surface area contributed by atoms with Crippen LogP contribution in [0.2, 0.25) is 0 Å². The minimum atomic E-state index is -0.440. The second-order valence-corrected chi connectivity index (χ2v) is 7.45. The third-order valence-electron chi connectivity index (χ3n) is 2.97. The van der Waals surface area contributed by atoms with Gasteiger partial charge in [-0.15, -0.1) is 0 Å². The van der Waals surface area contributed by atoms with Crippen molar-refractivity contribution < 1.29 is 14.6 Å². The summed E-state index contributed by atoms with van der Waals surface area (Å²) in [5, 5.41) is 13.9. The SMILES string of the molecule is C=CCOc1ccc(Br)cc1C(=O)NN=Cc1cc(Br)cc(Br)c1O. The predicted molar refractivity (Wildman–Crippen MR) is 108 cm³/mol. The van der Waals surface area contributed by atoms with E-state index in [0.717, 1.165) is 8.95 Å². The number of carbonyl (C=O) groups is 1. The number of hydrazone groups is 1. The summed E-state index contributed by atoms with van der Waals surface area (Å²) in [6.07, 6.45) is 2.95.